The van der Waals surface area contributed by atoms with Crippen LogP contribution in [0, 0.1) is 5.92 Å². The summed E-state index contributed by atoms with van der Waals surface area (Å²) in [6.45, 7) is -0.331. The fraction of sp³-hybridized carbons (Fsp3) is 0.667. The molecule has 0 spiro atoms. The van der Waals surface area contributed by atoms with Crippen LogP contribution in [-0.2, 0) is 11.2 Å². The number of nitrogens with one attached hydrogen (secondary N) is 2. The predicted octanol–water partition coefficient (Wildman–Crippen LogP) is 1.59. The molecule has 11 heteroatoms. The van der Waals surface area contributed by atoms with Gasteiger partial charge in [-0.25, -0.2) is 4.98 Å². The van der Waals surface area contributed by atoms with E-state index >= 15 is 0 Å². The Morgan fingerprint density at radius 3 is 2.30 bits per heavy atom. The molecule has 0 bridgehead atoms. The molecule has 0 saturated heterocycles. The van der Waals surface area contributed by atoms with Crippen molar-refractivity contribution in [3.05, 3.63) is 12.2 Å². The smallest absolute Gasteiger partial charge is 0.355 e. The Morgan fingerprint density at radius 1 is 1.25 bits per heavy atom. The van der Waals surface area contributed by atoms with Crippen LogP contribution in [0.1, 0.15) is 12.2 Å². The van der Waals surface area contributed by atoms with Crippen molar-refractivity contribution in [2.75, 3.05) is 6.54 Å². The van der Waals surface area contributed by atoms with Gasteiger partial charge in [0.05, 0.1) is 0 Å². The van der Waals surface area contributed by atoms with Crippen LogP contribution in [0.3, 0.4) is 0 Å². The Labute approximate surface area is 108 Å². The Bertz CT molecular complexity index is 413. The van der Waals surface area contributed by atoms with Crippen LogP contribution in [0.25, 0.3) is 0 Å². The third kappa shape index (κ3) is 4.70. The minimum absolute atomic E-state index is 0.128. The lowest BCUT2D eigenvalue weighted by molar-refractivity contribution is -0.274. The summed E-state index contributed by atoms with van der Waals surface area (Å²) in [5.74, 6) is -5.70. The normalized spacial score (nSPS) is 12.8. The van der Waals surface area contributed by atoms with E-state index in [0.717, 1.165) is 0 Å². The maximum atomic E-state index is 12.2. The van der Waals surface area contributed by atoms with Gasteiger partial charge in [-0.3, -0.25) is 9.89 Å². The molecule has 2 N–H and O–H groups in total. The first-order valence-electron chi connectivity index (χ1n) is 5.37. The van der Waals surface area contributed by atoms with E-state index < -0.39 is 24.2 Å². The minimum atomic E-state index is -5.67. The molecule has 1 amide bonds. The van der Waals surface area contributed by atoms with E-state index in [4.69, 9.17) is 0 Å². The van der Waals surface area contributed by atoms with Crippen molar-refractivity contribution in [1.82, 2.24) is 20.5 Å². The van der Waals surface area contributed by atoms with Crippen molar-refractivity contribution in [2.24, 2.45) is 5.92 Å². The molecular formula is C9H10F6N4O. The van der Waals surface area contributed by atoms with Crippen LogP contribution in [0.2, 0.25) is 0 Å². The molecular weight excluding hydrogens is 294 g/mol. The summed E-state index contributed by atoms with van der Waals surface area (Å²) in [5, 5.41) is 7.59. The fourth-order valence-corrected chi connectivity index (χ4v) is 1.40. The molecule has 0 aliphatic rings. The van der Waals surface area contributed by atoms with Gasteiger partial charge >= 0.3 is 12.4 Å². The first kappa shape index (κ1) is 16.2. The lowest BCUT2D eigenvalue weighted by atomic mass is 10.1. The molecule has 1 aromatic heterocycles. The fourth-order valence-electron chi connectivity index (χ4n) is 1.40. The molecule has 0 radical (unpaired) electrons. The number of nitrogens with zero attached hydrogens (tertiary/aromatic N) is 2. The van der Waals surface area contributed by atoms with Crippen molar-refractivity contribution in [2.45, 2.75) is 25.2 Å². The van der Waals surface area contributed by atoms with Crippen LogP contribution in [0.5, 0.6) is 0 Å². The average Bonchev–Trinajstić information content (AvgIpc) is 2.72. The highest BCUT2D eigenvalue weighted by molar-refractivity contribution is 5.80. The van der Waals surface area contributed by atoms with Crippen LogP contribution in [-0.4, -0.2) is 40.0 Å². The average molecular weight is 304 g/mol. The standard InChI is InChI=1S/C9H10F6N4O/c10-8(11,12)6(9(13,14)15)7(20)16-3-1-2-5-17-4-18-19-5/h4,6H,1-3H2,(H,16,20)(H,17,18,19). The van der Waals surface area contributed by atoms with Gasteiger partial charge in [0, 0.05) is 13.0 Å². The van der Waals surface area contributed by atoms with E-state index in [-0.39, 0.29) is 19.4 Å². The van der Waals surface area contributed by atoms with E-state index in [1.807, 2.05) is 0 Å². The lowest BCUT2D eigenvalue weighted by Gasteiger charge is -2.21. The van der Waals surface area contributed by atoms with Crippen LogP contribution in [0.15, 0.2) is 6.33 Å². The van der Waals surface area contributed by atoms with Gasteiger partial charge in [-0.1, -0.05) is 0 Å². The Balaban J connectivity index is 2.47. The third-order valence-electron chi connectivity index (χ3n) is 2.27. The van der Waals surface area contributed by atoms with E-state index in [0.29, 0.717) is 5.82 Å². The van der Waals surface area contributed by atoms with Crippen molar-refractivity contribution in [3.8, 4) is 0 Å². The van der Waals surface area contributed by atoms with Crippen molar-refractivity contribution in [1.29, 1.82) is 0 Å². The molecule has 0 fully saturated rings. The summed E-state index contributed by atoms with van der Waals surface area (Å²) in [6.07, 6.45) is -9.77. The van der Waals surface area contributed by atoms with E-state index in [1.54, 1.807) is 5.32 Å². The van der Waals surface area contributed by atoms with Crippen LogP contribution >= 0.6 is 0 Å². The van der Waals surface area contributed by atoms with Gasteiger partial charge < -0.3 is 5.32 Å². The zero-order chi connectivity index (χ0) is 15.4. The SMILES string of the molecule is O=C(NCCCc1ncn[nH]1)C(C(F)(F)F)C(F)(F)F. The second-order valence-electron chi connectivity index (χ2n) is 3.84. The highest BCUT2D eigenvalue weighted by atomic mass is 19.4. The maximum Gasteiger partial charge on any atom is 0.409 e. The van der Waals surface area contributed by atoms with Gasteiger partial charge in [0.1, 0.15) is 12.2 Å². The summed E-state index contributed by atoms with van der Waals surface area (Å²) in [5.41, 5.74) is 0. The van der Waals surface area contributed by atoms with Gasteiger partial charge in [0.25, 0.3) is 0 Å². The molecule has 1 heterocycles. The van der Waals surface area contributed by atoms with Gasteiger partial charge in [0.2, 0.25) is 11.8 Å². The van der Waals surface area contributed by atoms with Gasteiger partial charge in [-0.15, -0.1) is 0 Å². The number of H-pyrrole nitrogens is 1. The van der Waals surface area contributed by atoms with Gasteiger partial charge in [0.15, 0.2) is 0 Å². The molecule has 0 aromatic carbocycles. The number of aromatic nitrogens is 3. The number of carbonyl (C=O) groups excluding carboxylic acids is 1. The summed E-state index contributed by atoms with van der Waals surface area (Å²) < 4.78 is 73.2. The number of aromatic amines is 1. The zero-order valence-corrected chi connectivity index (χ0v) is 9.85. The molecule has 1 rings (SSSR count). The van der Waals surface area contributed by atoms with Gasteiger partial charge in [-0.05, 0) is 6.42 Å². The summed E-state index contributed by atoms with van der Waals surface area (Å²) in [6, 6.07) is 0. The monoisotopic (exact) mass is 304 g/mol. The second-order valence-corrected chi connectivity index (χ2v) is 3.84. The van der Waals surface area contributed by atoms with E-state index in [2.05, 4.69) is 15.2 Å². The molecule has 20 heavy (non-hydrogen) atoms. The number of halogens is 6. The molecule has 5 nitrogen and oxygen atoms in total. The molecule has 0 aliphatic carbocycles. The summed E-state index contributed by atoms with van der Waals surface area (Å²) >= 11 is 0. The Kier molecular flexibility index (Phi) is 4.95. The molecule has 0 atom stereocenters. The summed E-state index contributed by atoms with van der Waals surface area (Å²) in [7, 11) is 0. The highest BCUT2D eigenvalue weighted by Crippen LogP contribution is 2.39. The highest BCUT2D eigenvalue weighted by Gasteiger charge is 2.60. The largest absolute Gasteiger partial charge is 0.409 e. The molecule has 114 valence electrons. The number of carbonyl (C=O) groups is 1. The molecule has 0 aliphatic heterocycles. The number of alkyl halides is 6. The van der Waals surface area contributed by atoms with Crippen LogP contribution < -0.4 is 5.32 Å². The first-order valence-corrected chi connectivity index (χ1v) is 5.37. The van der Waals surface area contributed by atoms with E-state index in [1.165, 1.54) is 6.33 Å². The zero-order valence-electron chi connectivity index (χ0n) is 9.85. The van der Waals surface area contributed by atoms with Crippen LogP contribution in [0.4, 0.5) is 26.3 Å². The number of hydrogen-bond donors (Lipinski definition) is 2. The second kappa shape index (κ2) is 6.09. The number of amides is 1. The first-order chi connectivity index (χ1) is 9.12. The lowest BCUT2D eigenvalue weighted by Crippen LogP contribution is -2.48. The number of rotatable bonds is 5. The predicted molar refractivity (Wildman–Crippen MR) is 53.3 cm³/mol. The summed E-state index contributed by atoms with van der Waals surface area (Å²) in [4.78, 5) is 14.7. The Morgan fingerprint density at radius 2 is 1.85 bits per heavy atom. The van der Waals surface area contributed by atoms with Crippen molar-refractivity contribution < 1.29 is 31.1 Å². The van der Waals surface area contributed by atoms with Gasteiger partial charge in [-0.2, -0.15) is 31.4 Å². The van der Waals surface area contributed by atoms with Crippen molar-refractivity contribution in [3.63, 3.8) is 0 Å². The maximum absolute atomic E-state index is 12.2. The minimum Gasteiger partial charge on any atom is -0.355 e. The van der Waals surface area contributed by atoms with Crippen molar-refractivity contribution >= 4 is 5.91 Å². The molecule has 0 unspecified atom stereocenters. The quantitative estimate of drug-likeness (QED) is 0.641. The molecule has 1 aromatic rings. The number of aryl methyl sites for hydroxylation is 1. The van der Waals surface area contributed by atoms with E-state index in [9.17, 15) is 31.1 Å². The Hall–Kier alpha value is -1.81. The molecule has 0 saturated carbocycles. The third-order valence-corrected chi connectivity index (χ3v) is 2.27. The topological polar surface area (TPSA) is 70.7 Å². The number of hydrogen-bond acceptors (Lipinski definition) is 3.